The number of benzene rings is 1. The number of hydrogen-bond donors (Lipinski definition) is 2. The molecule has 0 saturated heterocycles. The lowest BCUT2D eigenvalue weighted by Gasteiger charge is -2.19. The summed E-state index contributed by atoms with van der Waals surface area (Å²) in [7, 11) is 0. The standard InChI is InChI=1S/C23H25N3O2S/c1-4-15-7-9-16(10-8-15)21(14(2)3)24-12-19-25-22(27)20-17(13-29-23(20)26-19)18-6-5-11-28-18/h5-11,13-14,21,24H,4,12H2,1-3H3,(H,25,26,27)/p+1/t21-/m1/s1. The van der Waals surface area contributed by atoms with Crippen LogP contribution in [0.25, 0.3) is 21.5 Å². The number of nitrogens with zero attached hydrogens (tertiary/aromatic N) is 1. The molecule has 0 aliphatic heterocycles. The Bertz CT molecular complexity index is 1140. The lowest BCUT2D eigenvalue weighted by molar-refractivity contribution is -0.718. The van der Waals surface area contributed by atoms with Crippen molar-refractivity contribution in [3.63, 3.8) is 0 Å². The summed E-state index contributed by atoms with van der Waals surface area (Å²) >= 11 is 1.48. The summed E-state index contributed by atoms with van der Waals surface area (Å²) in [6, 6.07) is 12.8. The Morgan fingerprint density at radius 1 is 1.21 bits per heavy atom. The number of furan rings is 1. The van der Waals surface area contributed by atoms with E-state index in [1.54, 1.807) is 6.26 Å². The van der Waals surface area contributed by atoms with Crippen LogP contribution in [0.4, 0.5) is 0 Å². The molecule has 5 nitrogen and oxygen atoms in total. The van der Waals surface area contributed by atoms with Crippen molar-refractivity contribution in [2.75, 3.05) is 0 Å². The van der Waals surface area contributed by atoms with Crippen LogP contribution < -0.4 is 10.9 Å². The molecule has 0 aliphatic rings. The van der Waals surface area contributed by atoms with Gasteiger partial charge in [0.15, 0.2) is 5.82 Å². The quantitative estimate of drug-likeness (QED) is 0.480. The summed E-state index contributed by atoms with van der Waals surface area (Å²) < 4.78 is 5.46. The van der Waals surface area contributed by atoms with Gasteiger partial charge in [0.05, 0.1) is 11.6 Å². The highest BCUT2D eigenvalue weighted by molar-refractivity contribution is 7.17. The molecule has 3 heterocycles. The van der Waals surface area contributed by atoms with Crippen molar-refractivity contribution in [3.8, 4) is 11.3 Å². The predicted molar refractivity (Wildman–Crippen MR) is 117 cm³/mol. The Morgan fingerprint density at radius 2 is 2.00 bits per heavy atom. The Balaban J connectivity index is 1.57. The summed E-state index contributed by atoms with van der Waals surface area (Å²) in [5.41, 5.74) is 3.34. The van der Waals surface area contributed by atoms with Gasteiger partial charge in [-0.1, -0.05) is 45.0 Å². The van der Waals surface area contributed by atoms with Gasteiger partial charge in [0.25, 0.3) is 5.56 Å². The maximum atomic E-state index is 12.8. The molecule has 4 rings (SSSR count). The summed E-state index contributed by atoms with van der Waals surface area (Å²) in [6.07, 6.45) is 2.66. The van der Waals surface area contributed by atoms with E-state index in [4.69, 9.17) is 9.40 Å². The molecule has 3 N–H and O–H groups in total. The van der Waals surface area contributed by atoms with Gasteiger partial charge in [0, 0.05) is 22.4 Å². The molecule has 0 amide bonds. The fraction of sp³-hybridized carbons (Fsp3) is 0.304. The van der Waals surface area contributed by atoms with Crippen LogP contribution in [0.15, 0.2) is 57.3 Å². The van der Waals surface area contributed by atoms with E-state index in [0.29, 0.717) is 35.5 Å². The molecule has 0 saturated carbocycles. The first-order valence-electron chi connectivity index (χ1n) is 10.0. The summed E-state index contributed by atoms with van der Waals surface area (Å²) in [5, 5.41) is 4.80. The largest absolute Gasteiger partial charge is 0.464 e. The van der Waals surface area contributed by atoms with E-state index in [2.05, 4.69) is 55.3 Å². The van der Waals surface area contributed by atoms with Crippen molar-refractivity contribution in [1.29, 1.82) is 0 Å². The first-order valence-corrected chi connectivity index (χ1v) is 10.9. The normalized spacial score (nSPS) is 12.7. The fourth-order valence-electron chi connectivity index (χ4n) is 3.71. The minimum atomic E-state index is -0.112. The zero-order chi connectivity index (χ0) is 20.4. The van der Waals surface area contributed by atoms with Crippen molar-refractivity contribution in [3.05, 3.63) is 75.3 Å². The molecule has 0 bridgehead atoms. The highest BCUT2D eigenvalue weighted by Crippen LogP contribution is 2.30. The van der Waals surface area contributed by atoms with Crippen LogP contribution in [0, 0.1) is 5.92 Å². The van der Waals surface area contributed by atoms with Crippen molar-refractivity contribution < 1.29 is 9.73 Å². The molecule has 150 valence electrons. The van der Waals surface area contributed by atoms with E-state index in [1.165, 1.54) is 22.5 Å². The molecule has 0 aliphatic carbocycles. The highest BCUT2D eigenvalue weighted by Gasteiger charge is 2.20. The van der Waals surface area contributed by atoms with Crippen LogP contribution in [0.1, 0.15) is 43.8 Å². The molecule has 3 aromatic heterocycles. The van der Waals surface area contributed by atoms with Gasteiger partial charge in [-0.2, -0.15) is 0 Å². The monoisotopic (exact) mass is 408 g/mol. The van der Waals surface area contributed by atoms with Crippen LogP contribution in [0.5, 0.6) is 0 Å². The average Bonchev–Trinajstić information content (AvgIpc) is 3.38. The summed E-state index contributed by atoms with van der Waals surface area (Å²) in [6.45, 7) is 7.24. The Morgan fingerprint density at radius 3 is 2.66 bits per heavy atom. The topological polar surface area (TPSA) is 75.5 Å². The summed E-state index contributed by atoms with van der Waals surface area (Å²) in [4.78, 5) is 21.2. The van der Waals surface area contributed by atoms with Crippen LogP contribution in [0.3, 0.4) is 0 Å². The lowest BCUT2D eigenvalue weighted by Crippen LogP contribution is -2.85. The molecule has 0 fully saturated rings. The second-order valence-electron chi connectivity index (χ2n) is 7.62. The Labute approximate surface area is 173 Å². The van der Waals surface area contributed by atoms with E-state index >= 15 is 0 Å². The van der Waals surface area contributed by atoms with Crippen molar-refractivity contribution in [1.82, 2.24) is 9.97 Å². The first-order chi connectivity index (χ1) is 14.1. The smallest absolute Gasteiger partial charge is 0.260 e. The number of aromatic nitrogens is 2. The third-order valence-electron chi connectivity index (χ3n) is 5.34. The molecular formula is C23H26N3O2S+. The zero-order valence-electron chi connectivity index (χ0n) is 16.9. The van der Waals surface area contributed by atoms with E-state index in [9.17, 15) is 4.79 Å². The van der Waals surface area contributed by atoms with Gasteiger partial charge in [0.1, 0.15) is 23.2 Å². The van der Waals surface area contributed by atoms with Crippen molar-refractivity contribution in [2.24, 2.45) is 5.92 Å². The number of rotatable bonds is 7. The highest BCUT2D eigenvalue weighted by atomic mass is 32.1. The van der Waals surface area contributed by atoms with Crippen molar-refractivity contribution in [2.45, 2.75) is 39.8 Å². The number of nitrogens with two attached hydrogens (primary N) is 1. The number of thiophene rings is 1. The SMILES string of the molecule is CCc1ccc([C@H]([NH2+]Cc2nc3scc(-c4ccco4)c3c(=O)[nH]2)C(C)C)cc1. The number of hydrogen-bond acceptors (Lipinski definition) is 4. The molecule has 4 aromatic rings. The van der Waals surface area contributed by atoms with Crippen LogP contribution in [-0.4, -0.2) is 9.97 Å². The van der Waals surface area contributed by atoms with Gasteiger partial charge < -0.3 is 14.7 Å². The van der Waals surface area contributed by atoms with E-state index in [0.717, 1.165) is 16.8 Å². The maximum absolute atomic E-state index is 12.8. The molecule has 1 atom stereocenters. The van der Waals surface area contributed by atoms with E-state index in [1.807, 2.05) is 17.5 Å². The van der Waals surface area contributed by atoms with E-state index in [-0.39, 0.29) is 5.56 Å². The third kappa shape index (κ3) is 4.04. The average molecular weight is 409 g/mol. The van der Waals surface area contributed by atoms with Crippen LogP contribution in [-0.2, 0) is 13.0 Å². The number of nitrogens with one attached hydrogen (secondary N) is 1. The molecule has 0 unspecified atom stereocenters. The third-order valence-corrected chi connectivity index (χ3v) is 6.21. The predicted octanol–water partition coefficient (Wildman–Crippen LogP) is 4.27. The molecular weight excluding hydrogens is 382 g/mol. The molecule has 1 aromatic carbocycles. The number of quaternary nitrogens is 1. The zero-order valence-corrected chi connectivity index (χ0v) is 17.8. The Kier molecular flexibility index (Phi) is 5.65. The molecule has 6 heteroatoms. The second kappa shape index (κ2) is 8.35. The number of H-pyrrole nitrogens is 1. The minimum absolute atomic E-state index is 0.112. The molecule has 29 heavy (non-hydrogen) atoms. The number of aryl methyl sites for hydroxylation is 1. The van der Waals surface area contributed by atoms with Gasteiger partial charge in [-0.05, 0) is 24.1 Å². The van der Waals surface area contributed by atoms with Gasteiger partial charge in [0.2, 0.25) is 0 Å². The maximum Gasteiger partial charge on any atom is 0.260 e. The molecule has 0 spiro atoms. The first kappa shape index (κ1) is 19.6. The lowest BCUT2D eigenvalue weighted by atomic mass is 9.95. The fourth-order valence-corrected chi connectivity index (χ4v) is 4.66. The molecule has 0 radical (unpaired) electrons. The summed E-state index contributed by atoms with van der Waals surface area (Å²) in [5.74, 6) is 1.86. The Hall–Kier alpha value is -2.70. The van der Waals surface area contributed by atoms with E-state index < -0.39 is 0 Å². The van der Waals surface area contributed by atoms with Gasteiger partial charge in [-0.25, -0.2) is 4.98 Å². The second-order valence-corrected chi connectivity index (χ2v) is 8.48. The van der Waals surface area contributed by atoms with Crippen LogP contribution >= 0.6 is 11.3 Å². The minimum Gasteiger partial charge on any atom is -0.464 e. The van der Waals surface area contributed by atoms with Gasteiger partial charge >= 0.3 is 0 Å². The number of aromatic amines is 1. The van der Waals surface area contributed by atoms with Gasteiger partial charge in [-0.15, -0.1) is 11.3 Å². The van der Waals surface area contributed by atoms with Gasteiger partial charge in [-0.3, -0.25) is 4.79 Å². The number of fused-ring (bicyclic) bond motifs is 1. The van der Waals surface area contributed by atoms with Crippen molar-refractivity contribution >= 4 is 21.6 Å². The van der Waals surface area contributed by atoms with Crippen LogP contribution in [0.2, 0.25) is 0 Å².